The number of carbonyl (C=O) groups is 2. The van der Waals surface area contributed by atoms with Crippen molar-refractivity contribution in [3.05, 3.63) is 82.4 Å². The van der Waals surface area contributed by atoms with Crippen LogP contribution in [0.15, 0.2) is 42.7 Å². The van der Waals surface area contributed by atoms with Gasteiger partial charge in [0.2, 0.25) is 0 Å². The Bertz CT molecular complexity index is 1700. The first-order valence-electron chi connectivity index (χ1n) is 12.0. The van der Waals surface area contributed by atoms with Gasteiger partial charge in [-0.3, -0.25) is 9.59 Å². The first-order valence-corrected chi connectivity index (χ1v) is 12.0. The van der Waals surface area contributed by atoms with Crippen LogP contribution in [0.5, 0.6) is 0 Å². The molecule has 0 unspecified atom stereocenters. The van der Waals surface area contributed by atoms with Crippen LogP contribution in [-0.4, -0.2) is 56.6 Å². The molecule has 214 valence electrons. The van der Waals surface area contributed by atoms with E-state index < -0.39 is 76.7 Å². The second kappa shape index (κ2) is 10.1. The van der Waals surface area contributed by atoms with Crippen LogP contribution >= 0.6 is 0 Å². The van der Waals surface area contributed by atoms with Crippen molar-refractivity contribution >= 4 is 23.1 Å². The molecule has 15 heteroatoms. The first-order chi connectivity index (χ1) is 19.3. The van der Waals surface area contributed by atoms with E-state index in [1.807, 2.05) is 0 Å². The van der Waals surface area contributed by atoms with Gasteiger partial charge in [0.25, 0.3) is 11.8 Å². The minimum Gasteiger partial charge on any atom is -0.382 e. The average Bonchev–Trinajstić information content (AvgIpc) is 3.47. The number of nitrogens with one attached hydrogen (secondary N) is 1. The molecule has 0 spiro atoms. The van der Waals surface area contributed by atoms with Crippen molar-refractivity contribution in [3.63, 3.8) is 0 Å². The van der Waals surface area contributed by atoms with E-state index in [9.17, 15) is 35.9 Å². The highest BCUT2D eigenvalue weighted by molar-refractivity contribution is 5.98. The summed E-state index contributed by atoms with van der Waals surface area (Å²) >= 11 is 0. The Balaban J connectivity index is 1.43. The second-order valence-electron chi connectivity index (χ2n) is 9.43. The quantitative estimate of drug-likeness (QED) is 0.350. The van der Waals surface area contributed by atoms with Gasteiger partial charge in [0.15, 0.2) is 17.5 Å². The normalized spacial score (nSPS) is 17.3. The van der Waals surface area contributed by atoms with Crippen molar-refractivity contribution in [2.75, 3.05) is 18.8 Å². The second-order valence-corrected chi connectivity index (χ2v) is 9.43. The van der Waals surface area contributed by atoms with Gasteiger partial charge in [-0.1, -0.05) is 0 Å². The van der Waals surface area contributed by atoms with Gasteiger partial charge >= 0.3 is 6.18 Å². The highest BCUT2D eigenvalue weighted by Crippen LogP contribution is 2.39. The number of alkyl halides is 4. The molecular formula is C26H19F7N6O2. The van der Waals surface area contributed by atoms with Crippen molar-refractivity contribution in [1.82, 2.24) is 24.8 Å². The lowest BCUT2D eigenvalue weighted by atomic mass is 10.0. The fourth-order valence-corrected chi connectivity index (χ4v) is 4.71. The maximum atomic E-state index is 15.1. The third kappa shape index (κ3) is 5.02. The van der Waals surface area contributed by atoms with Crippen LogP contribution in [0.1, 0.15) is 31.8 Å². The topological polar surface area (TPSA) is 106 Å². The molecule has 3 N–H and O–H groups in total. The number of halogens is 7. The largest absolute Gasteiger partial charge is 0.418 e. The summed E-state index contributed by atoms with van der Waals surface area (Å²) < 4.78 is 98.6. The molecule has 41 heavy (non-hydrogen) atoms. The molecule has 0 radical (unpaired) electrons. The maximum Gasteiger partial charge on any atom is 0.418 e. The molecule has 8 nitrogen and oxygen atoms in total. The molecule has 4 aromatic rings. The Morgan fingerprint density at radius 3 is 2.44 bits per heavy atom. The number of fused-ring (bicyclic) bond motifs is 1. The zero-order valence-corrected chi connectivity index (χ0v) is 20.9. The molecule has 2 amide bonds. The summed E-state index contributed by atoms with van der Waals surface area (Å²) in [6.07, 6.45) is -5.73. The minimum atomic E-state index is -4.88. The standard InChI is InChI=1S/C26H19F7N6O2/c1-11-4-17(28)14(21-7-15(26(31,32)33)22-23(34)35-10-36-39(21)22)6-13(11)24(40)37-20-9-38(8-19(20)30)25(41)12-2-3-16(27)18(29)5-12/h2-7,10,19-20H,8-9H2,1H3,(H,37,40)(H2,34,35,36)/t19-,20+/m0/s1. The van der Waals surface area contributed by atoms with Crippen molar-refractivity contribution in [1.29, 1.82) is 0 Å². The number of rotatable bonds is 4. The van der Waals surface area contributed by atoms with Crippen LogP contribution in [0.4, 0.5) is 36.6 Å². The Morgan fingerprint density at radius 2 is 1.76 bits per heavy atom. The summed E-state index contributed by atoms with van der Waals surface area (Å²) in [6, 6.07) is 3.82. The predicted molar refractivity (Wildman–Crippen MR) is 131 cm³/mol. The molecule has 2 atom stereocenters. The third-order valence-corrected chi connectivity index (χ3v) is 6.74. The van der Waals surface area contributed by atoms with E-state index in [0.29, 0.717) is 12.1 Å². The van der Waals surface area contributed by atoms with E-state index in [1.54, 1.807) is 0 Å². The number of nitrogens with two attached hydrogens (primary N) is 1. The molecular weight excluding hydrogens is 561 g/mol. The van der Waals surface area contributed by atoms with Gasteiger partial charge in [0, 0.05) is 23.2 Å². The van der Waals surface area contributed by atoms with Crippen molar-refractivity contribution in [2.24, 2.45) is 0 Å². The summed E-state index contributed by atoms with van der Waals surface area (Å²) in [7, 11) is 0. The Labute approximate surface area is 226 Å². The summed E-state index contributed by atoms with van der Waals surface area (Å²) in [5.74, 6) is -5.55. The zero-order chi connectivity index (χ0) is 29.8. The highest BCUT2D eigenvalue weighted by atomic mass is 19.4. The number of carbonyl (C=O) groups excluding carboxylic acids is 2. The van der Waals surface area contributed by atoms with E-state index in [-0.39, 0.29) is 28.9 Å². The number of nitrogen functional groups attached to an aromatic ring is 1. The molecule has 0 bridgehead atoms. The van der Waals surface area contributed by atoms with E-state index in [0.717, 1.165) is 40.0 Å². The summed E-state index contributed by atoms with van der Waals surface area (Å²) in [5, 5.41) is 6.19. The Hall–Kier alpha value is -4.69. The summed E-state index contributed by atoms with van der Waals surface area (Å²) in [6.45, 7) is 0.611. The lowest BCUT2D eigenvalue weighted by molar-refractivity contribution is -0.136. The molecule has 1 aliphatic rings. The molecule has 3 heterocycles. The monoisotopic (exact) mass is 580 g/mol. The molecule has 1 saturated heterocycles. The van der Waals surface area contributed by atoms with Gasteiger partial charge in [-0.25, -0.2) is 27.1 Å². The minimum absolute atomic E-state index is 0.0953. The summed E-state index contributed by atoms with van der Waals surface area (Å²) in [5.41, 5.74) is 2.76. The molecule has 1 aliphatic heterocycles. The Morgan fingerprint density at radius 1 is 1.02 bits per heavy atom. The SMILES string of the molecule is Cc1cc(F)c(-c2cc(C(F)(F)F)c3c(N)ncnn23)cc1C(=O)N[C@@H]1CN(C(=O)c2ccc(F)c(F)c2)C[C@@H]1F. The summed E-state index contributed by atoms with van der Waals surface area (Å²) in [4.78, 5) is 30.4. The molecule has 0 saturated carbocycles. The molecule has 0 aliphatic carbocycles. The molecule has 5 rings (SSSR count). The van der Waals surface area contributed by atoms with Crippen molar-refractivity contribution in [2.45, 2.75) is 25.3 Å². The zero-order valence-electron chi connectivity index (χ0n) is 20.9. The van der Waals surface area contributed by atoms with Gasteiger partial charge < -0.3 is 16.0 Å². The van der Waals surface area contributed by atoms with Gasteiger partial charge in [-0.05, 0) is 48.9 Å². The number of hydrogen-bond donors (Lipinski definition) is 2. The van der Waals surface area contributed by atoms with E-state index in [1.165, 1.54) is 6.92 Å². The number of amides is 2. The maximum absolute atomic E-state index is 15.1. The highest BCUT2D eigenvalue weighted by Gasteiger charge is 2.38. The Kier molecular flexibility index (Phi) is 6.83. The molecule has 1 fully saturated rings. The van der Waals surface area contributed by atoms with Gasteiger partial charge in [-0.2, -0.15) is 18.3 Å². The number of nitrogens with zero attached hydrogens (tertiary/aromatic N) is 4. The average molecular weight is 580 g/mol. The molecule has 2 aromatic carbocycles. The van der Waals surface area contributed by atoms with Crippen LogP contribution in [0.3, 0.4) is 0 Å². The van der Waals surface area contributed by atoms with Gasteiger partial charge in [-0.15, -0.1) is 0 Å². The van der Waals surface area contributed by atoms with Crippen LogP contribution in [-0.2, 0) is 6.18 Å². The first kappa shape index (κ1) is 27.9. The van der Waals surface area contributed by atoms with E-state index >= 15 is 4.39 Å². The number of likely N-dealkylation sites (tertiary alicyclic amines) is 1. The van der Waals surface area contributed by atoms with E-state index in [2.05, 4.69) is 15.4 Å². The van der Waals surface area contributed by atoms with E-state index in [4.69, 9.17) is 5.73 Å². The van der Waals surface area contributed by atoms with Crippen molar-refractivity contribution < 1.29 is 40.3 Å². The number of benzene rings is 2. The van der Waals surface area contributed by atoms with Gasteiger partial charge in [0.05, 0.1) is 23.8 Å². The van der Waals surface area contributed by atoms with Crippen LogP contribution in [0, 0.1) is 24.4 Å². The fourth-order valence-electron chi connectivity index (χ4n) is 4.71. The third-order valence-electron chi connectivity index (χ3n) is 6.74. The smallest absolute Gasteiger partial charge is 0.382 e. The number of aryl methyl sites for hydroxylation is 1. The fraction of sp³-hybridized carbons (Fsp3) is 0.231. The number of aromatic nitrogens is 3. The van der Waals surface area contributed by atoms with Gasteiger partial charge in [0.1, 0.15) is 23.8 Å². The lowest BCUT2D eigenvalue weighted by Crippen LogP contribution is -2.42. The predicted octanol–water partition coefficient (Wildman–Crippen LogP) is 4.32. The lowest BCUT2D eigenvalue weighted by Gasteiger charge is -2.18. The van der Waals surface area contributed by atoms with Crippen LogP contribution < -0.4 is 11.1 Å². The molecule has 2 aromatic heterocycles. The number of hydrogen-bond acceptors (Lipinski definition) is 5. The number of anilines is 1. The van der Waals surface area contributed by atoms with Crippen LogP contribution in [0.25, 0.3) is 16.8 Å². The van der Waals surface area contributed by atoms with Crippen molar-refractivity contribution in [3.8, 4) is 11.3 Å². The van der Waals surface area contributed by atoms with Crippen LogP contribution in [0.2, 0.25) is 0 Å².